The molecule has 0 spiro atoms. The molecule has 0 aromatic carbocycles. The Morgan fingerprint density at radius 3 is 2.22 bits per heavy atom. The summed E-state index contributed by atoms with van der Waals surface area (Å²) >= 11 is 12.3. The lowest BCUT2D eigenvalue weighted by molar-refractivity contribution is -0.139. The van der Waals surface area contributed by atoms with Crippen LogP contribution in [-0.4, -0.2) is 57.4 Å². The molecule has 3 unspecified atom stereocenters. The molecule has 0 fully saturated rings. The zero-order valence-electron chi connectivity index (χ0n) is 19.3. The monoisotopic (exact) mass is 537 g/mol. The fourth-order valence-corrected chi connectivity index (χ4v) is 9.80. The molecule has 0 radical (unpaired) electrons. The molecule has 0 bridgehead atoms. The van der Waals surface area contributed by atoms with Gasteiger partial charge in [-0.2, -0.15) is 4.76 Å². The van der Waals surface area contributed by atoms with Crippen LogP contribution in [0, 0.1) is 5.41 Å². The van der Waals surface area contributed by atoms with Gasteiger partial charge in [-0.15, -0.1) is 0 Å². The minimum absolute atomic E-state index is 0.0154. The molecule has 0 aromatic rings. The zero-order chi connectivity index (χ0) is 25.3. The fourth-order valence-electron chi connectivity index (χ4n) is 2.92. The number of carbonyl (C=O) groups is 2. The van der Waals surface area contributed by atoms with Crippen molar-refractivity contribution in [3.8, 4) is 0 Å². The summed E-state index contributed by atoms with van der Waals surface area (Å²) in [7, 11) is 0. The molecule has 0 saturated carbocycles. The summed E-state index contributed by atoms with van der Waals surface area (Å²) in [5, 5.41) is 11.8. The largest absolute Gasteiger partial charge is 0.480 e. The molecule has 1 heterocycles. The normalized spacial score (nSPS) is 26.8. The number of amides is 1. The minimum Gasteiger partial charge on any atom is -0.480 e. The first kappa shape index (κ1) is 29.2. The van der Waals surface area contributed by atoms with Gasteiger partial charge in [0.1, 0.15) is 29.1 Å². The van der Waals surface area contributed by atoms with Crippen molar-refractivity contribution in [2.45, 2.75) is 77.8 Å². The number of amidine groups is 1. The van der Waals surface area contributed by atoms with E-state index < -0.39 is 54.0 Å². The number of hydrogen-bond acceptors (Lipinski definition) is 5. The highest BCUT2D eigenvalue weighted by Gasteiger charge is 2.60. The molecular weight excluding hydrogens is 506 g/mol. The fraction of sp³-hybridized carbons (Fsp3) is 0.833. The number of carboxylic acids is 1. The van der Waals surface area contributed by atoms with E-state index in [2.05, 4.69) is 10.1 Å². The second kappa shape index (κ2) is 9.81. The third-order valence-electron chi connectivity index (χ3n) is 5.00. The van der Waals surface area contributed by atoms with Gasteiger partial charge in [0.25, 0.3) is 13.3 Å². The summed E-state index contributed by atoms with van der Waals surface area (Å²) < 4.78 is 49.8. The van der Waals surface area contributed by atoms with Gasteiger partial charge in [0.2, 0.25) is 0 Å². The van der Waals surface area contributed by atoms with Crippen molar-refractivity contribution < 1.29 is 33.0 Å². The number of nitrogens with zero attached hydrogens (tertiary/aromatic N) is 2. The van der Waals surface area contributed by atoms with E-state index in [1.54, 1.807) is 34.6 Å². The van der Waals surface area contributed by atoms with E-state index >= 15 is 0 Å². The molecule has 1 aliphatic heterocycles. The molecule has 1 amide bonds. The number of aliphatic carboxylic acids is 1. The molecule has 0 aromatic heterocycles. The average molecular weight is 538 g/mol. The smallest absolute Gasteiger partial charge is 0.408 e. The minimum atomic E-state index is -3.97. The van der Waals surface area contributed by atoms with Crippen LogP contribution in [-0.2, 0) is 18.7 Å². The maximum atomic E-state index is 13.7. The van der Waals surface area contributed by atoms with Crippen LogP contribution < -0.4 is 5.32 Å². The van der Waals surface area contributed by atoms with Gasteiger partial charge in [-0.3, -0.25) is 13.8 Å². The Morgan fingerprint density at radius 1 is 1.25 bits per heavy atom. The van der Waals surface area contributed by atoms with Crippen molar-refractivity contribution in [3.05, 3.63) is 0 Å². The molecule has 1 rings (SSSR count). The molecule has 3 atom stereocenters. The van der Waals surface area contributed by atoms with Gasteiger partial charge in [0.15, 0.2) is 0 Å². The van der Waals surface area contributed by atoms with Crippen LogP contribution in [0.3, 0.4) is 0 Å². The van der Waals surface area contributed by atoms with Gasteiger partial charge in [-0.25, -0.2) is 14.0 Å². The van der Waals surface area contributed by atoms with E-state index in [-0.39, 0.29) is 25.2 Å². The molecule has 186 valence electrons. The van der Waals surface area contributed by atoms with Gasteiger partial charge in [0.05, 0.1) is 0 Å². The van der Waals surface area contributed by atoms with Gasteiger partial charge in [0, 0.05) is 6.54 Å². The van der Waals surface area contributed by atoms with Crippen LogP contribution in [0.25, 0.3) is 0 Å². The summed E-state index contributed by atoms with van der Waals surface area (Å²) in [6, 6.07) is -1.23. The van der Waals surface area contributed by atoms with Crippen molar-refractivity contribution in [2.24, 2.45) is 10.2 Å². The zero-order valence-corrected chi connectivity index (χ0v) is 22.6. The number of carbonyl (C=O) groups excluding carboxylic acids is 1. The van der Waals surface area contributed by atoms with Crippen molar-refractivity contribution >= 4 is 53.7 Å². The van der Waals surface area contributed by atoms with Crippen molar-refractivity contribution in [2.75, 3.05) is 13.2 Å². The highest BCUT2D eigenvalue weighted by molar-refractivity contribution is 8.04. The lowest BCUT2D eigenvalue weighted by Gasteiger charge is -2.46. The molecule has 32 heavy (non-hydrogen) atoms. The Morgan fingerprint density at radius 2 is 1.78 bits per heavy atom. The van der Waals surface area contributed by atoms with Gasteiger partial charge < -0.3 is 15.2 Å². The standard InChI is InChI=1S/C18H32Cl2FN3O6P2/c1-16(2,3)30-15(27)22-12(14(25)26)8-9-17(4,5)11-24-13(10-21)23-31(19,28)18(6,7)32(24,20)29/h12H,8-11H2,1-7H3,(H,22,27)(H,25,26). The highest BCUT2D eigenvalue weighted by Crippen LogP contribution is 2.84. The molecular formula is C18H32Cl2FN3O6P2. The van der Waals surface area contributed by atoms with E-state index in [4.69, 9.17) is 27.2 Å². The number of ether oxygens (including phenoxy) is 1. The summed E-state index contributed by atoms with van der Waals surface area (Å²) in [5.74, 6) is -1.61. The average Bonchev–Trinajstić information content (AvgIpc) is 2.58. The summed E-state index contributed by atoms with van der Waals surface area (Å²) in [6.45, 7) is 2.05. The first-order valence-corrected chi connectivity index (χ1v) is 15.0. The van der Waals surface area contributed by atoms with Crippen LogP contribution in [0.4, 0.5) is 9.18 Å². The first-order chi connectivity index (χ1) is 14.2. The predicted octanol–water partition coefficient (Wildman–Crippen LogP) is 6.05. The Labute approximate surface area is 197 Å². The lowest BCUT2D eigenvalue weighted by atomic mass is 9.86. The number of hydrogen-bond donors (Lipinski definition) is 2. The van der Waals surface area contributed by atoms with Gasteiger partial charge in [-0.1, -0.05) is 13.8 Å². The molecule has 9 nitrogen and oxygen atoms in total. The van der Waals surface area contributed by atoms with Crippen LogP contribution in [0.1, 0.15) is 61.3 Å². The molecule has 14 heteroatoms. The van der Waals surface area contributed by atoms with E-state index in [1.807, 2.05) is 0 Å². The van der Waals surface area contributed by atoms with E-state index in [0.717, 1.165) is 4.67 Å². The number of rotatable bonds is 8. The SMILES string of the molecule is CC(C)(CCC(NC(=O)OC(C)(C)C)C(=O)O)CN1C(CF)=NP(=O)(Cl)C(C)(C)P1(=O)Cl. The van der Waals surface area contributed by atoms with E-state index in [0.29, 0.717) is 0 Å². The maximum absolute atomic E-state index is 13.7. The Balaban J connectivity index is 3.03. The summed E-state index contributed by atoms with van der Waals surface area (Å²) in [5.41, 5.74) is -1.54. The lowest BCUT2D eigenvalue weighted by Crippen LogP contribution is -2.45. The highest BCUT2D eigenvalue weighted by atomic mass is 35.7. The molecule has 0 aliphatic carbocycles. The summed E-state index contributed by atoms with van der Waals surface area (Å²) in [6.07, 6.45) is -0.622. The topological polar surface area (TPSA) is 125 Å². The van der Waals surface area contributed by atoms with Gasteiger partial charge >= 0.3 is 12.1 Å². The predicted molar refractivity (Wildman–Crippen MR) is 125 cm³/mol. The van der Waals surface area contributed by atoms with Crippen LogP contribution >= 0.6 is 35.8 Å². The van der Waals surface area contributed by atoms with E-state index in [9.17, 15) is 28.2 Å². The first-order valence-electron chi connectivity index (χ1n) is 9.92. The van der Waals surface area contributed by atoms with Crippen LogP contribution in [0.5, 0.6) is 0 Å². The third-order valence-corrected chi connectivity index (χ3v) is 14.8. The molecule has 1 aliphatic rings. The van der Waals surface area contributed by atoms with Crippen LogP contribution in [0.15, 0.2) is 4.76 Å². The summed E-state index contributed by atoms with van der Waals surface area (Å²) in [4.78, 5) is 22.0. The number of alkyl carbamates (subject to hydrolysis) is 1. The van der Waals surface area contributed by atoms with Crippen LogP contribution in [0.2, 0.25) is 0 Å². The Bertz CT molecular complexity index is 875. The number of alkyl halides is 1. The number of halogens is 3. The second-order valence-electron chi connectivity index (χ2n) is 9.95. The van der Waals surface area contributed by atoms with E-state index in [1.165, 1.54) is 13.8 Å². The third kappa shape index (κ3) is 6.85. The van der Waals surface area contributed by atoms with Crippen molar-refractivity contribution in [3.63, 3.8) is 0 Å². The van der Waals surface area contributed by atoms with Crippen molar-refractivity contribution in [1.29, 1.82) is 0 Å². The molecule has 2 N–H and O–H groups in total. The maximum Gasteiger partial charge on any atom is 0.408 e. The number of carboxylic acid groups (broad SMARTS) is 1. The van der Waals surface area contributed by atoms with Crippen molar-refractivity contribution in [1.82, 2.24) is 9.99 Å². The number of nitrogens with one attached hydrogen (secondary N) is 1. The second-order valence-corrected chi connectivity index (χ2v) is 18.0. The quantitative estimate of drug-likeness (QED) is 0.360. The Hall–Kier alpha value is -0.820. The Kier molecular flexibility index (Phi) is 8.96. The van der Waals surface area contributed by atoms with Gasteiger partial charge in [-0.05, 0) is 75.4 Å². The molecule has 0 saturated heterocycles.